The number of hydrogen-bond donors (Lipinski definition) is 0. The fourth-order valence-electron chi connectivity index (χ4n) is 2.13. The van der Waals surface area contributed by atoms with E-state index in [1.807, 2.05) is 12.1 Å². The summed E-state index contributed by atoms with van der Waals surface area (Å²) in [5.41, 5.74) is 1.14. The molecule has 0 bridgehead atoms. The van der Waals surface area contributed by atoms with Crippen molar-refractivity contribution in [1.82, 2.24) is 0 Å². The quantitative estimate of drug-likeness (QED) is 0.718. The van der Waals surface area contributed by atoms with Crippen molar-refractivity contribution in [2.75, 3.05) is 18.0 Å². The van der Waals surface area contributed by atoms with E-state index in [0.29, 0.717) is 0 Å². The van der Waals surface area contributed by atoms with Crippen LogP contribution in [0, 0.1) is 18.7 Å². The minimum Gasteiger partial charge on any atom is -0.372 e. The first kappa shape index (κ1) is 10.5. The van der Waals surface area contributed by atoms with Crippen LogP contribution in [0.15, 0.2) is 24.3 Å². The molecule has 0 N–H and O–H groups in total. The van der Waals surface area contributed by atoms with Crippen molar-refractivity contribution >= 4 is 5.69 Å². The second kappa shape index (κ2) is 4.65. The van der Waals surface area contributed by atoms with Crippen molar-refractivity contribution in [2.45, 2.75) is 19.3 Å². The first-order valence-electron chi connectivity index (χ1n) is 5.59. The van der Waals surface area contributed by atoms with Crippen molar-refractivity contribution in [3.63, 3.8) is 0 Å². The van der Waals surface area contributed by atoms with Gasteiger partial charge in [-0.05, 0) is 43.0 Å². The lowest BCUT2D eigenvalue weighted by molar-refractivity contribution is 0.408. The van der Waals surface area contributed by atoms with Crippen LogP contribution in [0.25, 0.3) is 0 Å². The maximum atomic E-state index is 12.7. The maximum Gasteiger partial charge on any atom is 0.123 e. The van der Waals surface area contributed by atoms with Gasteiger partial charge in [0.25, 0.3) is 0 Å². The molecular weight excluding hydrogens is 189 g/mol. The Balaban J connectivity index is 1.98. The summed E-state index contributed by atoms with van der Waals surface area (Å²) in [4.78, 5) is 2.33. The Kier molecular flexibility index (Phi) is 3.24. The predicted octanol–water partition coefficient (Wildman–Crippen LogP) is 3.27. The Morgan fingerprint density at radius 1 is 1.20 bits per heavy atom. The van der Waals surface area contributed by atoms with Crippen LogP contribution in [0.1, 0.15) is 19.3 Å². The molecule has 0 spiro atoms. The van der Waals surface area contributed by atoms with Crippen LogP contribution in [0.4, 0.5) is 10.1 Å². The Morgan fingerprint density at radius 2 is 1.80 bits per heavy atom. The maximum absolute atomic E-state index is 12.7. The molecule has 1 aromatic carbocycles. The summed E-state index contributed by atoms with van der Waals surface area (Å²) in [7, 11) is 0. The molecule has 0 amide bonds. The molecule has 2 heteroatoms. The molecule has 1 aliphatic rings. The van der Waals surface area contributed by atoms with Crippen molar-refractivity contribution in [3.8, 4) is 0 Å². The zero-order valence-electron chi connectivity index (χ0n) is 8.95. The van der Waals surface area contributed by atoms with E-state index in [1.165, 1.54) is 25.0 Å². The minimum absolute atomic E-state index is 0.161. The molecule has 1 fully saturated rings. The van der Waals surface area contributed by atoms with Gasteiger partial charge in [-0.3, -0.25) is 0 Å². The van der Waals surface area contributed by atoms with Gasteiger partial charge >= 0.3 is 0 Å². The molecule has 1 aliphatic heterocycles. The molecule has 0 aliphatic carbocycles. The normalized spacial score (nSPS) is 18.1. The first-order chi connectivity index (χ1) is 7.29. The van der Waals surface area contributed by atoms with E-state index >= 15 is 0 Å². The third kappa shape index (κ3) is 2.49. The van der Waals surface area contributed by atoms with Gasteiger partial charge in [0, 0.05) is 18.8 Å². The smallest absolute Gasteiger partial charge is 0.123 e. The van der Waals surface area contributed by atoms with Crippen molar-refractivity contribution in [1.29, 1.82) is 0 Å². The molecular formula is C13H17FN. The summed E-state index contributed by atoms with van der Waals surface area (Å²) in [5, 5.41) is 0. The molecule has 1 nitrogen and oxygen atoms in total. The average molecular weight is 206 g/mol. The van der Waals surface area contributed by atoms with Crippen molar-refractivity contribution < 1.29 is 4.39 Å². The van der Waals surface area contributed by atoms with E-state index in [1.54, 1.807) is 0 Å². The second-order valence-corrected chi connectivity index (χ2v) is 4.20. The Labute approximate surface area is 90.9 Å². The number of piperidine rings is 1. The molecule has 81 valence electrons. The highest BCUT2D eigenvalue weighted by Gasteiger charge is 2.17. The van der Waals surface area contributed by atoms with E-state index in [2.05, 4.69) is 11.8 Å². The van der Waals surface area contributed by atoms with Crippen LogP contribution in [0.2, 0.25) is 0 Å². The second-order valence-electron chi connectivity index (χ2n) is 4.20. The lowest BCUT2D eigenvalue weighted by Gasteiger charge is -2.33. The van der Waals surface area contributed by atoms with Gasteiger partial charge in [-0.2, -0.15) is 0 Å². The van der Waals surface area contributed by atoms with E-state index in [0.717, 1.165) is 31.1 Å². The zero-order valence-corrected chi connectivity index (χ0v) is 8.95. The number of rotatable bonds is 2. The lowest BCUT2D eigenvalue weighted by Crippen LogP contribution is -2.33. The van der Waals surface area contributed by atoms with Crippen LogP contribution in [0.3, 0.4) is 0 Å². The largest absolute Gasteiger partial charge is 0.372 e. The van der Waals surface area contributed by atoms with Gasteiger partial charge < -0.3 is 4.90 Å². The molecule has 1 aromatic rings. The fourth-order valence-corrected chi connectivity index (χ4v) is 2.13. The van der Waals surface area contributed by atoms with E-state index in [-0.39, 0.29) is 5.82 Å². The molecule has 15 heavy (non-hydrogen) atoms. The summed E-state index contributed by atoms with van der Waals surface area (Å²) in [5.74, 6) is 0.619. The molecule has 0 saturated carbocycles. The van der Waals surface area contributed by atoms with Crippen molar-refractivity contribution in [3.05, 3.63) is 37.0 Å². The van der Waals surface area contributed by atoms with Gasteiger partial charge in [-0.25, -0.2) is 4.39 Å². The number of anilines is 1. The zero-order chi connectivity index (χ0) is 10.7. The highest BCUT2D eigenvalue weighted by Crippen LogP contribution is 2.24. The highest BCUT2D eigenvalue weighted by atomic mass is 19.1. The van der Waals surface area contributed by atoms with E-state index < -0.39 is 0 Å². The van der Waals surface area contributed by atoms with E-state index in [4.69, 9.17) is 0 Å². The van der Waals surface area contributed by atoms with Crippen molar-refractivity contribution in [2.24, 2.45) is 5.92 Å². The van der Waals surface area contributed by atoms with Gasteiger partial charge in [0.2, 0.25) is 0 Å². The van der Waals surface area contributed by atoms with Crippen LogP contribution in [0.5, 0.6) is 0 Å². The molecule has 0 aromatic heterocycles. The highest BCUT2D eigenvalue weighted by molar-refractivity contribution is 5.46. The number of hydrogen-bond acceptors (Lipinski definition) is 1. The third-order valence-electron chi connectivity index (χ3n) is 3.21. The first-order valence-corrected chi connectivity index (χ1v) is 5.59. The van der Waals surface area contributed by atoms with E-state index in [9.17, 15) is 4.39 Å². The molecule has 0 unspecified atom stereocenters. The Hall–Kier alpha value is -1.05. The van der Waals surface area contributed by atoms with Crippen LogP contribution >= 0.6 is 0 Å². The number of benzene rings is 1. The van der Waals surface area contributed by atoms with Gasteiger partial charge in [0.05, 0.1) is 0 Å². The fraction of sp³-hybridized carbons (Fsp3) is 0.462. The minimum atomic E-state index is -0.161. The lowest BCUT2D eigenvalue weighted by atomic mass is 9.94. The average Bonchev–Trinajstić information content (AvgIpc) is 2.30. The molecule has 1 heterocycles. The van der Waals surface area contributed by atoms with Crippen LogP contribution in [-0.4, -0.2) is 13.1 Å². The van der Waals surface area contributed by atoms with Crippen LogP contribution < -0.4 is 4.90 Å². The summed E-state index contributed by atoms with van der Waals surface area (Å²) in [6.45, 7) is 6.10. The SMILES string of the molecule is [CH2]CC1CCN(c2ccc(F)cc2)CC1. The predicted molar refractivity (Wildman–Crippen MR) is 61.3 cm³/mol. The van der Waals surface area contributed by atoms with Gasteiger partial charge in [-0.1, -0.05) is 13.3 Å². The van der Waals surface area contributed by atoms with Gasteiger partial charge in [0.1, 0.15) is 5.82 Å². The van der Waals surface area contributed by atoms with Crippen LogP contribution in [-0.2, 0) is 0 Å². The standard InChI is InChI=1S/C13H17FN/c1-2-11-7-9-15(10-8-11)13-5-3-12(14)4-6-13/h3-6,11H,1-2,7-10H2. The monoisotopic (exact) mass is 206 g/mol. The Morgan fingerprint density at radius 3 is 2.33 bits per heavy atom. The molecule has 0 atom stereocenters. The topological polar surface area (TPSA) is 3.24 Å². The third-order valence-corrected chi connectivity index (χ3v) is 3.21. The molecule has 1 saturated heterocycles. The summed E-state index contributed by atoms with van der Waals surface area (Å²) >= 11 is 0. The van der Waals surface area contributed by atoms with Gasteiger partial charge in [0.15, 0.2) is 0 Å². The van der Waals surface area contributed by atoms with Gasteiger partial charge in [-0.15, -0.1) is 0 Å². The number of halogens is 1. The molecule has 1 radical (unpaired) electrons. The number of nitrogens with zero attached hydrogens (tertiary/aromatic N) is 1. The summed E-state index contributed by atoms with van der Waals surface area (Å²) in [6, 6.07) is 6.78. The summed E-state index contributed by atoms with van der Waals surface area (Å²) < 4.78 is 12.7. The molecule has 2 rings (SSSR count). The summed E-state index contributed by atoms with van der Waals surface area (Å²) in [6.07, 6.45) is 3.46. The Bertz CT molecular complexity index is 299.